The van der Waals surface area contributed by atoms with E-state index in [1.165, 1.54) is 0 Å². The first-order chi connectivity index (χ1) is 14.6. The van der Waals surface area contributed by atoms with Crippen LogP contribution in [0.15, 0.2) is 35.0 Å². The predicted octanol–water partition coefficient (Wildman–Crippen LogP) is 2.21. The van der Waals surface area contributed by atoms with E-state index in [0.717, 1.165) is 30.5 Å². The molecule has 2 aromatic rings. The Balaban J connectivity index is 1.35. The van der Waals surface area contributed by atoms with Crippen molar-refractivity contribution in [2.45, 2.75) is 43.8 Å². The van der Waals surface area contributed by atoms with Crippen molar-refractivity contribution in [2.75, 3.05) is 18.4 Å². The van der Waals surface area contributed by atoms with E-state index in [2.05, 4.69) is 16.0 Å². The summed E-state index contributed by atoms with van der Waals surface area (Å²) in [5.41, 5.74) is 3.09. The average Bonchev–Trinajstić information content (AvgIpc) is 3.46. The van der Waals surface area contributed by atoms with Crippen LogP contribution >= 0.6 is 11.3 Å². The third-order valence-electron chi connectivity index (χ3n) is 6.25. The van der Waals surface area contributed by atoms with E-state index in [1.807, 2.05) is 35.0 Å². The number of nitrogens with one attached hydrogen (secondary N) is 3. The zero-order valence-corrected chi connectivity index (χ0v) is 17.3. The number of benzene rings is 1. The lowest BCUT2D eigenvalue weighted by atomic mass is 9.95. The Bertz CT molecular complexity index is 984. The van der Waals surface area contributed by atoms with Gasteiger partial charge in [0, 0.05) is 12.6 Å². The molecule has 3 atom stereocenters. The van der Waals surface area contributed by atoms with Crippen LogP contribution < -0.4 is 16.0 Å². The molecule has 0 spiro atoms. The molecule has 3 unspecified atom stereocenters. The number of nitrogens with zero attached hydrogens (tertiary/aromatic N) is 1. The van der Waals surface area contributed by atoms with Crippen LogP contribution in [-0.4, -0.2) is 53.8 Å². The van der Waals surface area contributed by atoms with E-state index < -0.39 is 6.04 Å². The quantitative estimate of drug-likeness (QED) is 0.705. The number of rotatable bonds is 3. The lowest BCUT2D eigenvalue weighted by Gasteiger charge is -2.37. The number of hydrogen-bond acceptors (Lipinski definition) is 5. The Kier molecular flexibility index (Phi) is 5.04. The van der Waals surface area contributed by atoms with Gasteiger partial charge in [0.2, 0.25) is 11.8 Å². The largest absolute Gasteiger partial charge is 0.352 e. The third kappa shape index (κ3) is 3.50. The maximum atomic E-state index is 13.3. The first-order valence-corrected chi connectivity index (χ1v) is 11.4. The maximum absolute atomic E-state index is 13.3. The van der Waals surface area contributed by atoms with Gasteiger partial charge >= 0.3 is 0 Å². The topological polar surface area (TPSA) is 90.5 Å². The molecule has 30 heavy (non-hydrogen) atoms. The second kappa shape index (κ2) is 7.85. The smallest absolute Gasteiger partial charge is 0.256 e. The summed E-state index contributed by atoms with van der Waals surface area (Å²) in [7, 11) is 0. The van der Waals surface area contributed by atoms with Gasteiger partial charge in [-0.1, -0.05) is 6.07 Å². The van der Waals surface area contributed by atoms with Crippen LogP contribution in [0, 0.1) is 0 Å². The van der Waals surface area contributed by atoms with Gasteiger partial charge in [-0.25, -0.2) is 0 Å². The Morgan fingerprint density at radius 2 is 2.07 bits per heavy atom. The molecule has 8 heteroatoms. The second-order valence-electron chi connectivity index (χ2n) is 8.15. The van der Waals surface area contributed by atoms with Gasteiger partial charge in [0.15, 0.2) is 0 Å². The minimum Gasteiger partial charge on any atom is -0.352 e. The van der Waals surface area contributed by atoms with Gasteiger partial charge in [-0.3, -0.25) is 14.4 Å². The fourth-order valence-corrected chi connectivity index (χ4v) is 5.27. The fraction of sp³-hybridized carbons (Fsp3) is 0.409. The van der Waals surface area contributed by atoms with Gasteiger partial charge in [-0.05, 0) is 72.3 Å². The van der Waals surface area contributed by atoms with Crippen molar-refractivity contribution in [2.24, 2.45) is 0 Å². The number of fused-ring (bicyclic) bond motifs is 2. The number of amides is 3. The molecule has 3 N–H and O–H groups in total. The highest BCUT2D eigenvalue weighted by Crippen LogP contribution is 2.32. The Hall–Kier alpha value is -2.71. The Morgan fingerprint density at radius 3 is 2.83 bits per heavy atom. The van der Waals surface area contributed by atoms with Crippen LogP contribution in [0.3, 0.4) is 0 Å². The summed E-state index contributed by atoms with van der Waals surface area (Å²) in [6.45, 7) is 1.31. The molecular weight excluding hydrogens is 400 g/mol. The number of carbonyl (C=O) groups is 3. The van der Waals surface area contributed by atoms with Crippen LogP contribution in [0.4, 0.5) is 5.69 Å². The highest BCUT2D eigenvalue weighted by atomic mass is 32.1. The molecule has 5 rings (SSSR count). The van der Waals surface area contributed by atoms with Gasteiger partial charge in [0.25, 0.3) is 5.91 Å². The van der Waals surface area contributed by atoms with Crippen molar-refractivity contribution in [1.29, 1.82) is 0 Å². The summed E-state index contributed by atoms with van der Waals surface area (Å²) in [6, 6.07) is 6.78. The molecule has 0 bridgehead atoms. The van der Waals surface area contributed by atoms with Crippen molar-refractivity contribution in [3.8, 4) is 11.1 Å². The summed E-state index contributed by atoms with van der Waals surface area (Å²) < 4.78 is 0. The van der Waals surface area contributed by atoms with E-state index in [-0.39, 0.29) is 29.8 Å². The Morgan fingerprint density at radius 1 is 1.17 bits per heavy atom. The SMILES string of the molecule is O=C(NC1CCN2C(=O)c3cc(-c4ccsc4)ccc3NC(=O)C2C1)C1CCCN1. The monoisotopic (exact) mass is 424 g/mol. The number of thiophene rings is 1. The molecule has 2 saturated heterocycles. The van der Waals surface area contributed by atoms with Crippen molar-refractivity contribution in [3.05, 3.63) is 40.6 Å². The third-order valence-corrected chi connectivity index (χ3v) is 6.93. The molecule has 3 aliphatic heterocycles. The zero-order chi connectivity index (χ0) is 20.7. The molecule has 7 nitrogen and oxygen atoms in total. The molecule has 156 valence electrons. The molecular formula is C22H24N4O3S. The van der Waals surface area contributed by atoms with Gasteiger partial charge in [-0.15, -0.1) is 0 Å². The lowest BCUT2D eigenvalue weighted by molar-refractivity contribution is -0.126. The van der Waals surface area contributed by atoms with Crippen LogP contribution in [0.25, 0.3) is 11.1 Å². The summed E-state index contributed by atoms with van der Waals surface area (Å²) in [5, 5.41) is 13.3. The Labute approximate surface area is 178 Å². The minimum absolute atomic E-state index is 0.00463. The molecule has 3 amide bonds. The molecule has 0 aliphatic carbocycles. The minimum atomic E-state index is -0.579. The van der Waals surface area contributed by atoms with Crippen LogP contribution in [-0.2, 0) is 9.59 Å². The molecule has 2 fully saturated rings. The standard InChI is InChI=1S/C22H24N4O3S/c27-20(18-2-1-7-23-18)24-15-5-8-26-19(11-15)21(28)25-17-4-3-13(10-16(17)22(26)29)14-6-9-30-12-14/h3-4,6,9-10,12,15,18-19,23H,1-2,5,7-8,11H2,(H,24,27)(H,25,28). The highest BCUT2D eigenvalue weighted by Gasteiger charge is 2.40. The molecule has 4 heterocycles. The maximum Gasteiger partial charge on any atom is 0.256 e. The van der Waals surface area contributed by atoms with Crippen LogP contribution in [0.1, 0.15) is 36.0 Å². The van der Waals surface area contributed by atoms with Gasteiger partial charge in [0.1, 0.15) is 6.04 Å². The van der Waals surface area contributed by atoms with E-state index >= 15 is 0 Å². The van der Waals surface area contributed by atoms with Crippen molar-refractivity contribution >= 4 is 34.7 Å². The molecule has 0 saturated carbocycles. The highest BCUT2D eigenvalue weighted by molar-refractivity contribution is 7.08. The van der Waals surface area contributed by atoms with Crippen LogP contribution in [0.5, 0.6) is 0 Å². The number of carbonyl (C=O) groups excluding carboxylic acids is 3. The first-order valence-electron chi connectivity index (χ1n) is 10.4. The molecule has 1 aromatic heterocycles. The van der Waals surface area contributed by atoms with E-state index in [0.29, 0.717) is 30.6 Å². The van der Waals surface area contributed by atoms with Crippen molar-refractivity contribution in [1.82, 2.24) is 15.5 Å². The van der Waals surface area contributed by atoms with E-state index in [4.69, 9.17) is 0 Å². The van der Waals surface area contributed by atoms with Crippen molar-refractivity contribution < 1.29 is 14.4 Å². The average molecular weight is 425 g/mol. The molecule has 3 aliphatic rings. The van der Waals surface area contributed by atoms with E-state index in [1.54, 1.807) is 16.2 Å². The van der Waals surface area contributed by atoms with Gasteiger partial charge < -0.3 is 20.9 Å². The summed E-state index contributed by atoms with van der Waals surface area (Å²) in [4.78, 5) is 40.4. The van der Waals surface area contributed by atoms with Crippen molar-refractivity contribution in [3.63, 3.8) is 0 Å². The number of piperidine rings is 1. The van der Waals surface area contributed by atoms with Gasteiger partial charge in [0.05, 0.1) is 17.3 Å². The fourth-order valence-electron chi connectivity index (χ4n) is 4.61. The molecule has 1 aromatic carbocycles. The van der Waals surface area contributed by atoms with Crippen LogP contribution in [0.2, 0.25) is 0 Å². The van der Waals surface area contributed by atoms with Gasteiger partial charge in [-0.2, -0.15) is 11.3 Å². The lowest BCUT2D eigenvalue weighted by Crippen LogP contribution is -2.56. The first kappa shape index (κ1) is 19.3. The zero-order valence-electron chi connectivity index (χ0n) is 16.5. The number of hydrogen-bond donors (Lipinski definition) is 3. The normalized spacial score (nSPS) is 25.9. The summed E-state index contributed by atoms with van der Waals surface area (Å²) in [5.74, 6) is -0.328. The van der Waals surface area contributed by atoms with E-state index in [9.17, 15) is 14.4 Å². The second-order valence-corrected chi connectivity index (χ2v) is 8.93. The predicted molar refractivity (Wildman–Crippen MR) is 115 cm³/mol. The molecule has 0 radical (unpaired) electrons. The summed E-state index contributed by atoms with van der Waals surface area (Å²) >= 11 is 1.61. The number of anilines is 1. The summed E-state index contributed by atoms with van der Waals surface area (Å²) in [6.07, 6.45) is 2.92.